The predicted molar refractivity (Wildman–Crippen MR) is 195 cm³/mol. The van der Waals surface area contributed by atoms with Crippen molar-refractivity contribution in [2.24, 2.45) is 17.6 Å². The molecule has 0 radical (unpaired) electrons. The molecular formula is C38H68N6O4. The molecule has 0 spiro atoms. The number of rotatable bonds is 30. The molecule has 0 aromatic carbocycles. The molecule has 0 aliphatic rings. The lowest BCUT2D eigenvalue weighted by atomic mass is 10.0. The van der Waals surface area contributed by atoms with Crippen molar-refractivity contribution in [3.05, 3.63) is 12.5 Å². The number of ether oxygens (including phenoxy) is 2. The standard InChI is InChI=1S/C38H68N6O4/c1-4-6-7-8-9-10-11-12-13-14-15-16-17-18-19-20-21-22-23-24-34(45)47-28-32(29-48-37(46)35(39)31(3)5-2)25-26-44-30-42-33-27-41-38(40)43-36(33)44/h27,30-32,35H,4-26,28-29,39H2,1-3H3,(H2,40,41,43)/t31?,32?,35-/m0/s1. The molecule has 10 heteroatoms. The first-order valence-electron chi connectivity index (χ1n) is 19.4. The van der Waals surface area contributed by atoms with Crippen molar-refractivity contribution in [1.82, 2.24) is 19.5 Å². The minimum Gasteiger partial charge on any atom is -0.465 e. The van der Waals surface area contributed by atoms with E-state index in [4.69, 9.17) is 20.9 Å². The summed E-state index contributed by atoms with van der Waals surface area (Å²) in [5.74, 6) is -0.622. The summed E-state index contributed by atoms with van der Waals surface area (Å²) in [6, 6.07) is -0.676. The Morgan fingerprint density at radius 2 is 1.29 bits per heavy atom. The molecule has 2 heterocycles. The van der Waals surface area contributed by atoms with Gasteiger partial charge in [0.2, 0.25) is 5.95 Å². The summed E-state index contributed by atoms with van der Waals surface area (Å²) in [6.45, 7) is 7.05. The van der Waals surface area contributed by atoms with E-state index in [0.29, 0.717) is 30.6 Å². The molecule has 4 N–H and O–H groups in total. The van der Waals surface area contributed by atoms with E-state index in [1.165, 1.54) is 103 Å². The van der Waals surface area contributed by atoms with Crippen molar-refractivity contribution in [2.45, 2.75) is 175 Å². The molecule has 2 unspecified atom stereocenters. The summed E-state index contributed by atoms with van der Waals surface area (Å²) in [4.78, 5) is 37.7. The number of imidazole rings is 1. The van der Waals surface area contributed by atoms with Gasteiger partial charge in [-0.3, -0.25) is 9.59 Å². The van der Waals surface area contributed by atoms with Crippen molar-refractivity contribution >= 4 is 29.1 Å². The molecule has 48 heavy (non-hydrogen) atoms. The normalized spacial score (nSPS) is 13.4. The third kappa shape index (κ3) is 18.1. The number of fused-ring (bicyclic) bond motifs is 1. The number of nitrogens with zero attached hydrogens (tertiary/aromatic N) is 4. The van der Waals surface area contributed by atoms with Crippen molar-refractivity contribution in [1.29, 1.82) is 0 Å². The van der Waals surface area contributed by atoms with E-state index < -0.39 is 12.0 Å². The second kappa shape index (κ2) is 26.2. The predicted octanol–water partition coefficient (Wildman–Crippen LogP) is 8.70. The van der Waals surface area contributed by atoms with Gasteiger partial charge in [-0.05, 0) is 18.8 Å². The maximum atomic E-state index is 12.6. The first kappa shape index (κ1) is 41.4. The molecule has 0 saturated heterocycles. The molecule has 3 atom stereocenters. The van der Waals surface area contributed by atoms with Gasteiger partial charge in [-0.25, -0.2) is 9.97 Å². The smallest absolute Gasteiger partial charge is 0.323 e. The number of hydrogen-bond donors (Lipinski definition) is 2. The Morgan fingerprint density at radius 1 is 0.771 bits per heavy atom. The highest BCUT2D eigenvalue weighted by Gasteiger charge is 2.23. The van der Waals surface area contributed by atoms with Crippen LogP contribution >= 0.6 is 0 Å². The van der Waals surface area contributed by atoms with Gasteiger partial charge in [0.15, 0.2) is 5.65 Å². The van der Waals surface area contributed by atoms with Gasteiger partial charge in [-0.1, -0.05) is 143 Å². The van der Waals surface area contributed by atoms with E-state index >= 15 is 0 Å². The zero-order chi connectivity index (χ0) is 34.8. The Labute approximate surface area is 290 Å². The number of aryl methyl sites for hydroxylation is 1. The summed E-state index contributed by atoms with van der Waals surface area (Å²) in [7, 11) is 0. The summed E-state index contributed by atoms with van der Waals surface area (Å²) in [5, 5.41) is 0. The quantitative estimate of drug-likeness (QED) is 0.0614. The summed E-state index contributed by atoms with van der Waals surface area (Å²) >= 11 is 0. The van der Waals surface area contributed by atoms with Crippen molar-refractivity contribution in [3.8, 4) is 0 Å². The van der Waals surface area contributed by atoms with Gasteiger partial charge < -0.3 is 25.5 Å². The van der Waals surface area contributed by atoms with Gasteiger partial charge in [0.25, 0.3) is 0 Å². The van der Waals surface area contributed by atoms with Crippen LogP contribution in [-0.4, -0.2) is 50.7 Å². The van der Waals surface area contributed by atoms with Crippen LogP contribution in [0.25, 0.3) is 11.2 Å². The highest BCUT2D eigenvalue weighted by Crippen LogP contribution is 2.17. The zero-order valence-electron chi connectivity index (χ0n) is 30.6. The van der Waals surface area contributed by atoms with E-state index in [2.05, 4.69) is 21.9 Å². The molecule has 2 aromatic rings. The molecule has 0 amide bonds. The minimum absolute atomic E-state index is 0.0236. The van der Waals surface area contributed by atoms with E-state index in [-0.39, 0.29) is 37.0 Å². The number of esters is 2. The molecule has 2 rings (SSSR count). The molecule has 0 aliphatic carbocycles. The Kier molecular flexibility index (Phi) is 22.6. The van der Waals surface area contributed by atoms with E-state index in [0.717, 1.165) is 25.7 Å². The third-order valence-corrected chi connectivity index (χ3v) is 9.61. The third-order valence-electron chi connectivity index (χ3n) is 9.61. The summed E-state index contributed by atoms with van der Waals surface area (Å²) < 4.78 is 13.1. The van der Waals surface area contributed by atoms with Crippen LogP contribution in [0.1, 0.15) is 162 Å². The van der Waals surface area contributed by atoms with Crippen LogP contribution in [-0.2, 0) is 25.6 Å². The average Bonchev–Trinajstić information content (AvgIpc) is 3.49. The molecule has 10 nitrogen and oxygen atoms in total. The Balaban J connectivity index is 1.56. The van der Waals surface area contributed by atoms with Crippen LogP contribution in [0, 0.1) is 11.8 Å². The number of carbonyl (C=O) groups is 2. The number of carbonyl (C=O) groups excluding carboxylic acids is 2. The van der Waals surface area contributed by atoms with Crippen LogP contribution in [0.3, 0.4) is 0 Å². The largest absolute Gasteiger partial charge is 0.465 e. The van der Waals surface area contributed by atoms with Crippen LogP contribution < -0.4 is 11.5 Å². The van der Waals surface area contributed by atoms with Crippen molar-refractivity contribution in [3.63, 3.8) is 0 Å². The first-order chi connectivity index (χ1) is 23.3. The maximum Gasteiger partial charge on any atom is 0.323 e. The summed E-state index contributed by atoms with van der Waals surface area (Å²) in [5.41, 5.74) is 13.1. The van der Waals surface area contributed by atoms with Crippen LogP contribution in [0.5, 0.6) is 0 Å². The zero-order valence-corrected chi connectivity index (χ0v) is 30.6. The molecule has 0 saturated carbocycles. The lowest BCUT2D eigenvalue weighted by molar-refractivity contribution is -0.151. The van der Waals surface area contributed by atoms with E-state index in [1.54, 1.807) is 12.5 Å². The molecule has 274 valence electrons. The lowest BCUT2D eigenvalue weighted by Crippen LogP contribution is -2.39. The molecule has 2 aromatic heterocycles. The molecule has 0 fully saturated rings. The van der Waals surface area contributed by atoms with Gasteiger partial charge in [0.1, 0.15) is 11.6 Å². The highest BCUT2D eigenvalue weighted by atomic mass is 16.5. The Morgan fingerprint density at radius 3 is 1.83 bits per heavy atom. The first-order valence-corrected chi connectivity index (χ1v) is 19.4. The van der Waals surface area contributed by atoms with Crippen LogP contribution in [0.2, 0.25) is 0 Å². The fourth-order valence-corrected chi connectivity index (χ4v) is 5.98. The Bertz CT molecular complexity index is 1130. The fraction of sp³-hybridized carbons (Fsp3) is 0.816. The van der Waals surface area contributed by atoms with Gasteiger partial charge >= 0.3 is 11.9 Å². The second-order valence-electron chi connectivity index (χ2n) is 13.9. The number of anilines is 1. The van der Waals surface area contributed by atoms with E-state index in [1.807, 2.05) is 18.4 Å². The Hall–Kier alpha value is -2.75. The number of hydrogen-bond acceptors (Lipinski definition) is 9. The number of unbranched alkanes of at least 4 members (excludes halogenated alkanes) is 18. The van der Waals surface area contributed by atoms with E-state index in [9.17, 15) is 9.59 Å². The van der Waals surface area contributed by atoms with Gasteiger partial charge in [0.05, 0.1) is 25.7 Å². The summed E-state index contributed by atoms with van der Waals surface area (Å²) in [6.07, 6.45) is 30.2. The molecule has 0 aliphatic heterocycles. The molecule has 0 bridgehead atoms. The van der Waals surface area contributed by atoms with Crippen LogP contribution in [0.4, 0.5) is 5.95 Å². The topological polar surface area (TPSA) is 148 Å². The average molecular weight is 673 g/mol. The van der Waals surface area contributed by atoms with Gasteiger partial charge in [-0.15, -0.1) is 0 Å². The number of nitrogen functional groups attached to an aromatic ring is 1. The number of aromatic nitrogens is 4. The second-order valence-corrected chi connectivity index (χ2v) is 13.9. The lowest BCUT2D eigenvalue weighted by Gasteiger charge is -2.21. The monoisotopic (exact) mass is 673 g/mol. The fourth-order valence-electron chi connectivity index (χ4n) is 5.98. The van der Waals surface area contributed by atoms with Crippen molar-refractivity contribution < 1.29 is 19.1 Å². The molecular weight excluding hydrogens is 604 g/mol. The maximum absolute atomic E-state index is 12.6. The highest BCUT2D eigenvalue weighted by molar-refractivity contribution is 5.75. The van der Waals surface area contributed by atoms with Gasteiger partial charge in [0, 0.05) is 18.9 Å². The number of nitrogens with two attached hydrogens (primary N) is 2. The SMILES string of the molecule is CCCCCCCCCCCCCCCCCCCCCC(=O)OCC(CCn1cnc2cnc(N)nc21)COC(=O)[C@@H](N)C(C)CC. The van der Waals surface area contributed by atoms with Crippen LogP contribution in [0.15, 0.2) is 12.5 Å². The van der Waals surface area contributed by atoms with Crippen molar-refractivity contribution in [2.75, 3.05) is 18.9 Å². The minimum atomic E-state index is -0.676. The van der Waals surface area contributed by atoms with Gasteiger partial charge in [-0.2, -0.15) is 4.98 Å².